The number of alkyl halides is 2. The standard InChI is InChI=1S/C23H29F2N5O/c24-23(25)19-3-6-26-11-20(19)21-1-2-22(29-28-21)27-18-9-16-13-30(14-17(16)10-18)12-15-4-7-31-8-5-15/h1-3,6,11,15-18,23H,4-5,7-10,12-14H2,(H,27,29)/i12D2. The van der Waals surface area contributed by atoms with E-state index in [0.29, 0.717) is 42.1 Å². The molecule has 0 aromatic carbocycles. The summed E-state index contributed by atoms with van der Waals surface area (Å²) >= 11 is 0. The van der Waals surface area contributed by atoms with Crippen LogP contribution in [-0.4, -0.2) is 58.9 Å². The highest BCUT2D eigenvalue weighted by atomic mass is 19.3. The van der Waals surface area contributed by atoms with Gasteiger partial charge in [-0.15, -0.1) is 10.2 Å². The Morgan fingerprint density at radius 3 is 2.58 bits per heavy atom. The summed E-state index contributed by atoms with van der Waals surface area (Å²) in [5.41, 5.74) is 0.563. The van der Waals surface area contributed by atoms with Crippen LogP contribution in [-0.2, 0) is 4.74 Å². The van der Waals surface area contributed by atoms with Gasteiger partial charge in [0.25, 0.3) is 6.43 Å². The summed E-state index contributed by atoms with van der Waals surface area (Å²) in [6.45, 7) is 1.61. The number of aromatic nitrogens is 3. The van der Waals surface area contributed by atoms with E-state index < -0.39 is 12.9 Å². The minimum Gasteiger partial charge on any atom is -0.381 e. The summed E-state index contributed by atoms with van der Waals surface area (Å²) in [6, 6.07) is 5.03. The Kier molecular flexibility index (Phi) is 5.41. The van der Waals surface area contributed by atoms with Gasteiger partial charge in [-0.25, -0.2) is 8.78 Å². The van der Waals surface area contributed by atoms with Gasteiger partial charge in [0, 0.05) is 65.1 Å². The number of rotatable bonds is 6. The molecule has 0 bridgehead atoms. The lowest BCUT2D eigenvalue weighted by molar-refractivity contribution is 0.0545. The van der Waals surface area contributed by atoms with Gasteiger partial charge >= 0.3 is 0 Å². The van der Waals surface area contributed by atoms with Crippen molar-refractivity contribution in [1.29, 1.82) is 0 Å². The number of anilines is 1. The first-order valence-electron chi connectivity index (χ1n) is 12.1. The van der Waals surface area contributed by atoms with Crippen molar-refractivity contribution < 1.29 is 16.3 Å². The highest BCUT2D eigenvalue weighted by molar-refractivity contribution is 5.63. The molecule has 2 unspecified atom stereocenters. The second kappa shape index (κ2) is 9.12. The topological polar surface area (TPSA) is 63.2 Å². The zero-order valence-corrected chi connectivity index (χ0v) is 17.4. The average Bonchev–Trinajstić information content (AvgIpc) is 3.39. The minimum atomic E-state index is -2.60. The lowest BCUT2D eigenvalue weighted by atomic mass is 10.00. The predicted molar refractivity (Wildman–Crippen MR) is 114 cm³/mol. The first-order chi connectivity index (χ1) is 15.9. The third-order valence-corrected chi connectivity index (χ3v) is 6.72. The number of likely N-dealkylation sites (tertiary alicyclic amines) is 1. The van der Waals surface area contributed by atoms with Crippen molar-refractivity contribution in [3.8, 4) is 11.3 Å². The Hall–Kier alpha value is -2.19. The molecule has 6 nitrogen and oxygen atoms in total. The maximum Gasteiger partial charge on any atom is 0.264 e. The smallest absolute Gasteiger partial charge is 0.264 e. The first-order valence-corrected chi connectivity index (χ1v) is 11.1. The highest BCUT2D eigenvalue weighted by Crippen LogP contribution is 2.39. The number of fused-ring (bicyclic) bond motifs is 1. The quantitative estimate of drug-likeness (QED) is 0.745. The number of hydrogen-bond acceptors (Lipinski definition) is 6. The largest absolute Gasteiger partial charge is 0.381 e. The summed E-state index contributed by atoms with van der Waals surface area (Å²) in [6.07, 6.45) is 3.64. The molecule has 1 N–H and O–H groups in total. The third-order valence-electron chi connectivity index (χ3n) is 6.72. The molecule has 3 fully saturated rings. The van der Waals surface area contributed by atoms with Crippen molar-refractivity contribution >= 4 is 5.82 Å². The molecule has 3 aliphatic rings. The molecule has 31 heavy (non-hydrogen) atoms. The number of ether oxygens (including phenoxy) is 1. The molecule has 5 rings (SSSR count). The maximum atomic E-state index is 13.3. The fourth-order valence-corrected chi connectivity index (χ4v) is 5.18. The van der Waals surface area contributed by atoms with E-state index in [0.717, 1.165) is 38.8 Å². The van der Waals surface area contributed by atoms with Crippen molar-refractivity contribution in [2.24, 2.45) is 17.8 Å². The van der Waals surface area contributed by atoms with E-state index in [1.807, 2.05) is 0 Å². The molecule has 2 aromatic heterocycles. The Morgan fingerprint density at radius 2 is 1.90 bits per heavy atom. The fourth-order valence-electron chi connectivity index (χ4n) is 5.18. The molecule has 2 saturated heterocycles. The number of halogens is 2. The highest BCUT2D eigenvalue weighted by Gasteiger charge is 2.41. The Bertz CT molecular complexity index is 944. The summed E-state index contributed by atoms with van der Waals surface area (Å²) in [5, 5.41) is 11.8. The lowest BCUT2D eigenvalue weighted by Gasteiger charge is -2.27. The molecule has 1 saturated carbocycles. The molecule has 2 aliphatic heterocycles. The Labute approximate surface area is 184 Å². The van der Waals surface area contributed by atoms with Crippen LogP contribution in [0.4, 0.5) is 14.6 Å². The normalized spacial score (nSPS) is 28.4. The van der Waals surface area contributed by atoms with Crippen LogP contribution in [0.15, 0.2) is 30.6 Å². The van der Waals surface area contributed by atoms with Crippen LogP contribution in [0.3, 0.4) is 0 Å². The zero-order chi connectivity index (χ0) is 23.0. The molecular formula is C23H29F2N5O. The molecule has 0 radical (unpaired) electrons. The lowest BCUT2D eigenvalue weighted by Crippen LogP contribution is -2.32. The van der Waals surface area contributed by atoms with Gasteiger partial charge < -0.3 is 15.0 Å². The van der Waals surface area contributed by atoms with Gasteiger partial charge in [0.15, 0.2) is 0 Å². The summed E-state index contributed by atoms with van der Waals surface area (Å²) in [7, 11) is 0. The van der Waals surface area contributed by atoms with Gasteiger partial charge in [-0.2, -0.15) is 0 Å². The van der Waals surface area contributed by atoms with Crippen LogP contribution in [0.2, 0.25) is 0 Å². The van der Waals surface area contributed by atoms with Crippen molar-refractivity contribution in [3.05, 3.63) is 36.2 Å². The molecule has 166 valence electrons. The van der Waals surface area contributed by atoms with E-state index in [-0.39, 0.29) is 17.5 Å². The number of hydrogen-bond donors (Lipinski definition) is 1. The van der Waals surface area contributed by atoms with E-state index in [1.54, 1.807) is 12.1 Å². The van der Waals surface area contributed by atoms with Crippen molar-refractivity contribution in [3.63, 3.8) is 0 Å². The van der Waals surface area contributed by atoms with E-state index in [2.05, 4.69) is 25.4 Å². The van der Waals surface area contributed by atoms with Crippen LogP contribution < -0.4 is 5.32 Å². The fraction of sp³-hybridized carbons (Fsp3) is 0.609. The summed E-state index contributed by atoms with van der Waals surface area (Å²) < 4.78 is 49.4. The molecule has 1 aliphatic carbocycles. The molecular weight excluding hydrogens is 400 g/mol. The Morgan fingerprint density at radius 1 is 1.13 bits per heavy atom. The van der Waals surface area contributed by atoms with Gasteiger partial charge in [0.2, 0.25) is 0 Å². The van der Waals surface area contributed by atoms with Gasteiger partial charge in [-0.3, -0.25) is 4.98 Å². The molecule has 0 amide bonds. The van der Waals surface area contributed by atoms with E-state index >= 15 is 0 Å². The summed E-state index contributed by atoms with van der Waals surface area (Å²) in [4.78, 5) is 5.99. The first kappa shape index (κ1) is 18.4. The SMILES string of the molecule is [2H]C([2H])(C1CCOCC1)N1CC2CC(Nc3ccc(-c4cnccc4C(F)F)nn3)CC2C1. The predicted octanol–water partition coefficient (Wildman–Crippen LogP) is 4.03. The molecule has 2 aromatic rings. The van der Waals surface area contributed by atoms with Crippen LogP contribution in [0, 0.1) is 17.8 Å². The molecule has 4 heterocycles. The minimum absolute atomic E-state index is 0.0400. The Balaban J connectivity index is 1.18. The van der Waals surface area contributed by atoms with Crippen molar-refractivity contribution in [1.82, 2.24) is 20.1 Å². The number of nitrogens with one attached hydrogen (secondary N) is 1. The number of nitrogens with zero attached hydrogens (tertiary/aromatic N) is 4. The van der Waals surface area contributed by atoms with Gasteiger partial charge in [0.05, 0.1) is 5.69 Å². The van der Waals surface area contributed by atoms with Crippen molar-refractivity contribution in [2.45, 2.75) is 38.2 Å². The van der Waals surface area contributed by atoms with Crippen LogP contribution in [0.1, 0.15) is 40.4 Å². The van der Waals surface area contributed by atoms with Gasteiger partial charge in [-0.1, -0.05) is 0 Å². The second-order valence-electron chi connectivity index (χ2n) is 8.82. The van der Waals surface area contributed by atoms with E-state index in [4.69, 9.17) is 7.48 Å². The van der Waals surface area contributed by atoms with Crippen LogP contribution in [0.25, 0.3) is 11.3 Å². The maximum absolute atomic E-state index is 13.3. The third kappa shape index (κ3) is 4.70. The molecule has 0 spiro atoms. The van der Waals surface area contributed by atoms with Gasteiger partial charge in [-0.05, 0) is 61.6 Å². The number of pyridine rings is 1. The summed E-state index contributed by atoms with van der Waals surface area (Å²) in [5.74, 6) is 1.60. The molecule has 2 atom stereocenters. The monoisotopic (exact) mass is 431 g/mol. The zero-order valence-electron chi connectivity index (χ0n) is 19.4. The van der Waals surface area contributed by atoms with Gasteiger partial charge in [0.1, 0.15) is 5.82 Å². The molecule has 8 heteroatoms. The average molecular weight is 432 g/mol. The van der Waals surface area contributed by atoms with E-state index in [1.165, 1.54) is 18.5 Å². The van der Waals surface area contributed by atoms with Crippen LogP contribution in [0.5, 0.6) is 0 Å². The van der Waals surface area contributed by atoms with Crippen LogP contribution >= 0.6 is 0 Å². The van der Waals surface area contributed by atoms with E-state index in [9.17, 15) is 8.78 Å². The van der Waals surface area contributed by atoms with Crippen molar-refractivity contribution in [2.75, 3.05) is 38.1 Å². The second-order valence-corrected chi connectivity index (χ2v) is 8.82.